The minimum Gasteiger partial charge on any atom is -0.340 e. The predicted molar refractivity (Wildman–Crippen MR) is 98.9 cm³/mol. The first-order valence-electron chi connectivity index (χ1n) is 8.94. The Morgan fingerprint density at radius 2 is 1.33 bits per heavy atom. The van der Waals surface area contributed by atoms with Gasteiger partial charge in [0.05, 0.1) is 11.7 Å². The molecular formula is C23H20F2O2. The Kier molecular flexibility index (Phi) is 4.77. The van der Waals surface area contributed by atoms with Crippen LogP contribution in [0.3, 0.4) is 0 Å². The van der Waals surface area contributed by atoms with Gasteiger partial charge in [-0.1, -0.05) is 66.7 Å². The maximum absolute atomic E-state index is 14.4. The quantitative estimate of drug-likeness (QED) is 0.561. The van der Waals surface area contributed by atoms with Crippen molar-refractivity contribution in [3.63, 3.8) is 0 Å². The van der Waals surface area contributed by atoms with Gasteiger partial charge < -0.3 is 9.47 Å². The molecule has 27 heavy (non-hydrogen) atoms. The predicted octanol–water partition coefficient (Wildman–Crippen LogP) is 6.06. The van der Waals surface area contributed by atoms with Gasteiger partial charge in [0, 0.05) is 17.5 Å². The van der Waals surface area contributed by atoms with Crippen LogP contribution in [0.25, 0.3) is 0 Å². The first-order chi connectivity index (χ1) is 13.1. The normalized spacial score (nSPS) is 25.3. The van der Waals surface area contributed by atoms with Gasteiger partial charge in [-0.2, -0.15) is 0 Å². The van der Waals surface area contributed by atoms with E-state index in [-0.39, 0.29) is 5.82 Å². The Morgan fingerprint density at radius 3 is 1.96 bits per heavy atom. The lowest BCUT2D eigenvalue weighted by atomic mass is 9.86. The molecule has 4 heteroatoms. The highest BCUT2D eigenvalue weighted by atomic mass is 19.1. The maximum atomic E-state index is 14.4. The molecule has 138 valence electrons. The van der Waals surface area contributed by atoms with E-state index >= 15 is 0 Å². The topological polar surface area (TPSA) is 18.5 Å². The van der Waals surface area contributed by atoms with Gasteiger partial charge in [-0.3, -0.25) is 0 Å². The highest BCUT2D eigenvalue weighted by Gasteiger charge is 2.42. The third-order valence-corrected chi connectivity index (χ3v) is 5.03. The van der Waals surface area contributed by atoms with Crippen molar-refractivity contribution in [1.82, 2.24) is 0 Å². The molecule has 1 heterocycles. The number of benzene rings is 3. The summed E-state index contributed by atoms with van der Waals surface area (Å²) in [6.07, 6.45) is -1.08. The molecule has 3 aromatic carbocycles. The van der Waals surface area contributed by atoms with Crippen LogP contribution in [-0.2, 0) is 15.1 Å². The number of rotatable bonds is 3. The molecular weight excluding hydrogens is 346 g/mol. The minimum absolute atomic E-state index is 0.306. The van der Waals surface area contributed by atoms with Crippen molar-refractivity contribution in [3.8, 4) is 0 Å². The van der Waals surface area contributed by atoms with E-state index in [9.17, 15) is 8.78 Å². The van der Waals surface area contributed by atoms with E-state index in [1.165, 1.54) is 12.1 Å². The molecule has 0 radical (unpaired) electrons. The molecule has 1 aliphatic heterocycles. The Labute approximate surface area is 157 Å². The van der Waals surface area contributed by atoms with Crippen LogP contribution in [0.2, 0.25) is 0 Å². The van der Waals surface area contributed by atoms with Crippen LogP contribution in [0.15, 0.2) is 78.9 Å². The number of hydrogen-bond donors (Lipinski definition) is 0. The molecule has 3 aromatic rings. The lowest BCUT2D eigenvalue weighted by Gasteiger charge is -2.43. The molecule has 0 bridgehead atoms. The molecule has 0 saturated carbocycles. The second kappa shape index (κ2) is 7.22. The number of halogens is 2. The Balaban J connectivity index is 1.78. The molecule has 1 aliphatic rings. The van der Waals surface area contributed by atoms with Crippen molar-refractivity contribution in [2.75, 3.05) is 0 Å². The fourth-order valence-electron chi connectivity index (χ4n) is 3.56. The molecule has 1 fully saturated rings. The van der Waals surface area contributed by atoms with Gasteiger partial charge in [0.1, 0.15) is 11.6 Å². The van der Waals surface area contributed by atoms with Gasteiger partial charge >= 0.3 is 0 Å². The van der Waals surface area contributed by atoms with Gasteiger partial charge in [-0.15, -0.1) is 0 Å². The molecule has 0 spiro atoms. The van der Waals surface area contributed by atoms with E-state index in [2.05, 4.69) is 0 Å². The first kappa shape index (κ1) is 17.8. The zero-order valence-corrected chi connectivity index (χ0v) is 14.9. The van der Waals surface area contributed by atoms with Crippen molar-refractivity contribution in [2.24, 2.45) is 0 Å². The third kappa shape index (κ3) is 3.51. The zero-order chi connectivity index (χ0) is 18.9. The highest BCUT2D eigenvalue weighted by molar-refractivity contribution is 5.28. The summed E-state index contributed by atoms with van der Waals surface area (Å²) in [6, 6.07) is 22.6. The van der Waals surface area contributed by atoms with Gasteiger partial charge in [-0.05, 0) is 24.6 Å². The van der Waals surface area contributed by atoms with Crippen LogP contribution in [0.5, 0.6) is 0 Å². The summed E-state index contributed by atoms with van der Waals surface area (Å²) in [5, 5.41) is 0. The number of hydrogen-bond acceptors (Lipinski definition) is 2. The van der Waals surface area contributed by atoms with E-state index in [1.54, 1.807) is 36.4 Å². The standard InChI is InChI=1S/C23H20F2O2/c1-23(16-9-3-2-4-10-16)15-21(17-11-5-7-13-19(17)24)26-22(27-23)18-12-6-8-14-20(18)25/h2-14,21-22H,15H2,1H3/t21-,22+,23+/m0/s1. The molecule has 0 aliphatic carbocycles. The van der Waals surface area contributed by atoms with E-state index < -0.39 is 23.8 Å². The number of ether oxygens (including phenoxy) is 2. The maximum Gasteiger partial charge on any atom is 0.188 e. The first-order valence-corrected chi connectivity index (χ1v) is 8.94. The summed E-state index contributed by atoms with van der Waals surface area (Å²) in [5.74, 6) is -0.751. The lowest BCUT2D eigenvalue weighted by molar-refractivity contribution is -0.291. The molecule has 4 rings (SSSR count). The van der Waals surface area contributed by atoms with Gasteiger partial charge in [0.2, 0.25) is 0 Å². The molecule has 0 unspecified atom stereocenters. The van der Waals surface area contributed by atoms with Crippen molar-refractivity contribution >= 4 is 0 Å². The van der Waals surface area contributed by atoms with Gasteiger partial charge in [0.15, 0.2) is 6.29 Å². The highest BCUT2D eigenvalue weighted by Crippen LogP contribution is 2.48. The van der Waals surface area contributed by atoms with Gasteiger partial charge in [-0.25, -0.2) is 8.78 Å². The average Bonchev–Trinajstić information content (AvgIpc) is 2.69. The van der Waals surface area contributed by atoms with E-state index in [1.807, 2.05) is 37.3 Å². The van der Waals surface area contributed by atoms with Crippen molar-refractivity contribution in [1.29, 1.82) is 0 Å². The smallest absolute Gasteiger partial charge is 0.188 e. The van der Waals surface area contributed by atoms with Crippen LogP contribution in [0.1, 0.15) is 42.4 Å². The lowest BCUT2D eigenvalue weighted by Crippen LogP contribution is -2.37. The molecule has 1 saturated heterocycles. The molecule has 2 nitrogen and oxygen atoms in total. The fraction of sp³-hybridized carbons (Fsp3) is 0.217. The molecule has 0 aromatic heterocycles. The monoisotopic (exact) mass is 366 g/mol. The van der Waals surface area contributed by atoms with Crippen molar-refractivity contribution < 1.29 is 18.3 Å². The van der Waals surface area contributed by atoms with Crippen molar-refractivity contribution in [2.45, 2.75) is 31.3 Å². The molecule has 3 atom stereocenters. The largest absolute Gasteiger partial charge is 0.340 e. The summed E-state index contributed by atoms with van der Waals surface area (Å²) in [4.78, 5) is 0. The van der Waals surface area contributed by atoms with E-state index in [0.29, 0.717) is 17.5 Å². The van der Waals surface area contributed by atoms with E-state index in [0.717, 1.165) is 5.56 Å². The van der Waals surface area contributed by atoms with E-state index in [4.69, 9.17) is 9.47 Å². The molecule has 0 amide bonds. The Hall–Kier alpha value is -2.56. The summed E-state index contributed by atoms with van der Waals surface area (Å²) < 4.78 is 41.1. The van der Waals surface area contributed by atoms with Crippen molar-refractivity contribution in [3.05, 3.63) is 107 Å². The minimum atomic E-state index is -0.935. The third-order valence-electron chi connectivity index (χ3n) is 5.03. The Bertz CT molecular complexity index is 873. The van der Waals surface area contributed by atoms with Crippen LogP contribution >= 0.6 is 0 Å². The van der Waals surface area contributed by atoms with Crippen LogP contribution < -0.4 is 0 Å². The van der Waals surface area contributed by atoms with Crippen LogP contribution in [0, 0.1) is 11.6 Å². The van der Waals surface area contributed by atoms with Gasteiger partial charge in [0.25, 0.3) is 0 Å². The average molecular weight is 366 g/mol. The Morgan fingerprint density at radius 1 is 0.778 bits per heavy atom. The van der Waals surface area contributed by atoms with Crippen LogP contribution in [-0.4, -0.2) is 0 Å². The summed E-state index contributed by atoms with van der Waals surface area (Å²) >= 11 is 0. The second-order valence-electron chi connectivity index (χ2n) is 6.92. The SMILES string of the molecule is C[C@]1(c2ccccc2)C[C@@H](c2ccccc2F)O[C@@H](c2ccccc2F)O1. The fourth-order valence-corrected chi connectivity index (χ4v) is 3.56. The van der Waals surface area contributed by atoms with Crippen LogP contribution in [0.4, 0.5) is 8.78 Å². The second-order valence-corrected chi connectivity index (χ2v) is 6.92. The summed E-state index contributed by atoms with van der Waals surface area (Å²) in [7, 11) is 0. The molecule has 0 N–H and O–H groups in total. The summed E-state index contributed by atoms with van der Waals surface area (Å²) in [5.41, 5.74) is 0.945. The zero-order valence-electron chi connectivity index (χ0n) is 14.9. The summed E-state index contributed by atoms with van der Waals surface area (Å²) in [6.45, 7) is 1.94.